The Kier molecular flexibility index (Phi) is 9.72. The van der Waals surface area contributed by atoms with Crippen LogP contribution in [0.3, 0.4) is 0 Å². The lowest BCUT2D eigenvalue weighted by molar-refractivity contribution is 0.0954. The number of allylic oxidation sites excluding steroid dienone is 1. The van der Waals surface area contributed by atoms with Gasteiger partial charge in [-0.25, -0.2) is 4.57 Å². The van der Waals surface area contributed by atoms with Gasteiger partial charge in [-0.3, -0.25) is 14.4 Å². The van der Waals surface area contributed by atoms with E-state index in [4.69, 9.17) is 4.74 Å². The van der Waals surface area contributed by atoms with Crippen molar-refractivity contribution in [3.8, 4) is 22.6 Å². The third kappa shape index (κ3) is 6.09. The first kappa shape index (κ1) is 28.9. The van der Waals surface area contributed by atoms with E-state index in [1.165, 1.54) is 6.20 Å². The summed E-state index contributed by atoms with van der Waals surface area (Å²) in [5.74, 6) is 0.516. The summed E-state index contributed by atoms with van der Waals surface area (Å²) in [6.45, 7) is 11.7. The number of carbonyl (C=O) groups is 2. The highest BCUT2D eigenvalue weighted by molar-refractivity contribution is 7.97. The van der Waals surface area contributed by atoms with Crippen molar-refractivity contribution >= 4 is 45.0 Å². The van der Waals surface area contributed by atoms with Gasteiger partial charge in [-0.2, -0.15) is 11.8 Å². The second-order valence-corrected chi connectivity index (χ2v) is 10.6. The van der Waals surface area contributed by atoms with E-state index >= 15 is 0 Å². The number of thioether (sulfide) groups is 1. The molecule has 4 aromatic rings. The van der Waals surface area contributed by atoms with E-state index in [9.17, 15) is 14.4 Å². The lowest BCUT2D eigenvalue weighted by atomic mass is 10.0. The number of fused-ring (bicyclic) bond motifs is 1. The second kappa shape index (κ2) is 12.8. The van der Waals surface area contributed by atoms with Crippen LogP contribution in [0.4, 0.5) is 0 Å². The van der Waals surface area contributed by atoms with Crippen LogP contribution in [-0.2, 0) is 0 Å². The van der Waals surface area contributed by atoms with Gasteiger partial charge >= 0.3 is 0 Å². The first-order valence-corrected chi connectivity index (χ1v) is 14.5. The molecule has 8 heteroatoms. The monoisotopic (exact) mass is 548 g/mol. The van der Waals surface area contributed by atoms with Gasteiger partial charge in [-0.1, -0.05) is 36.4 Å². The molecule has 0 aliphatic heterocycles. The fourth-order valence-corrected chi connectivity index (χ4v) is 4.99. The van der Waals surface area contributed by atoms with Gasteiger partial charge in [0.2, 0.25) is 0 Å². The number of hydrogen-bond acceptors (Lipinski definition) is 6. The maximum Gasteiger partial charge on any atom is 0.275 e. The molecule has 4 rings (SSSR count). The molecule has 0 saturated carbocycles. The number of carbonyl (C=O) groups excluding carboxylic acids is 2. The van der Waals surface area contributed by atoms with Crippen LogP contribution in [0.5, 0.6) is 11.5 Å². The molecular weight excluding hydrogens is 516 g/mol. The molecule has 0 radical (unpaired) electrons. The summed E-state index contributed by atoms with van der Waals surface area (Å²) in [7, 11) is 0. The van der Waals surface area contributed by atoms with Crippen LogP contribution in [0.15, 0.2) is 66.1 Å². The molecule has 2 aromatic carbocycles. The van der Waals surface area contributed by atoms with Gasteiger partial charge in [0.25, 0.3) is 17.4 Å². The molecule has 2 aromatic heterocycles. The highest BCUT2D eigenvalue weighted by atomic mass is 32.2. The summed E-state index contributed by atoms with van der Waals surface area (Å²) in [5, 5.41) is 3.36. The van der Waals surface area contributed by atoms with Crippen molar-refractivity contribution in [2.45, 2.75) is 27.7 Å². The predicted octanol–water partition coefficient (Wildman–Crippen LogP) is 7.00. The standard InChI is InChI=1S/C28H26N2O4S.C2H6S/c1-6-24(31)30-15-21(20-14-23(27(32)29-7-2)35-26(20)28(30)33)19-13-16(3)11-12-22(19)34-25-17(4)9-8-10-18(25)5;1-3-2/h6,8-15H,1,7H2,2-5H3,(H,29,32);1-2H3. The Morgan fingerprint density at radius 3 is 2.34 bits per heavy atom. The van der Waals surface area contributed by atoms with Crippen LogP contribution in [-0.4, -0.2) is 35.4 Å². The average Bonchev–Trinajstić information content (AvgIpc) is 3.34. The van der Waals surface area contributed by atoms with Crippen molar-refractivity contribution in [3.05, 3.63) is 93.2 Å². The largest absolute Gasteiger partial charge is 0.456 e. The molecule has 2 heterocycles. The molecule has 0 spiro atoms. The average molecular weight is 549 g/mol. The Labute approximate surface area is 231 Å². The molecular formula is C30H32N2O4S2. The Morgan fingerprint density at radius 1 is 1.08 bits per heavy atom. The molecule has 0 unspecified atom stereocenters. The number of thiophene rings is 1. The van der Waals surface area contributed by atoms with E-state index in [-0.39, 0.29) is 5.91 Å². The van der Waals surface area contributed by atoms with E-state index in [1.54, 1.807) is 17.8 Å². The van der Waals surface area contributed by atoms with Gasteiger partial charge in [0.05, 0.1) is 4.88 Å². The maximum atomic E-state index is 13.2. The van der Waals surface area contributed by atoms with Gasteiger partial charge < -0.3 is 10.1 Å². The number of hydrogen-bond donors (Lipinski definition) is 1. The number of aromatic nitrogens is 1. The number of amides is 1. The van der Waals surface area contributed by atoms with Gasteiger partial charge in [-0.15, -0.1) is 11.3 Å². The van der Waals surface area contributed by atoms with Crippen molar-refractivity contribution in [1.82, 2.24) is 9.88 Å². The Morgan fingerprint density at radius 2 is 1.74 bits per heavy atom. The molecule has 0 aliphatic rings. The van der Waals surface area contributed by atoms with E-state index in [2.05, 4.69) is 11.9 Å². The highest BCUT2D eigenvalue weighted by Gasteiger charge is 2.21. The lowest BCUT2D eigenvalue weighted by Crippen LogP contribution is -2.24. The fourth-order valence-electron chi connectivity index (χ4n) is 3.97. The number of nitrogens with zero attached hydrogens (tertiary/aromatic N) is 1. The van der Waals surface area contributed by atoms with Crippen LogP contribution >= 0.6 is 23.1 Å². The normalized spacial score (nSPS) is 10.5. The number of benzene rings is 2. The Bertz CT molecular complexity index is 1550. The zero-order valence-electron chi connectivity index (χ0n) is 22.5. The van der Waals surface area contributed by atoms with Crippen LogP contribution in [0.25, 0.3) is 21.2 Å². The summed E-state index contributed by atoms with van der Waals surface area (Å²) in [6.07, 6.45) is 6.69. The van der Waals surface area contributed by atoms with Crippen LogP contribution < -0.4 is 15.6 Å². The molecule has 0 saturated heterocycles. The predicted molar refractivity (Wildman–Crippen MR) is 161 cm³/mol. The molecule has 1 amide bonds. The molecule has 0 fully saturated rings. The molecule has 1 N–H and O–H groups in total. The first-order chi connectivity index (χ1) is 18.2. The Hall–Kier alpha value is -3.62. The van der Waals surface area contributed by atoms with E-state index < -0.39 is 11.5 Å². The molecule has 0 aliphatic carbocycles. The van der Waals surface area contributed by atoms with Crippen LogP contribution in [0, 0.1) is 20.8 Å². The van der Waals surface area contributed by atoms with Crippen LogP contribution in [0.2, 0.25) is 0 Å². The van der Waals surface area contributed by atoms with E-state index in [1.807, 2.05) is 76.6 Å². The third-order valence-corrected chi connectivity index (χ3v) is 6.83. The third-order valence-electron chi connectivity index (χ3n) is 5.71. The van der Waals surface area contributed by atoms with E-state index in [0.29, 0.717) is 38.4 Å². The van der Waals surface area contributed by atoms with Crippen molar-refractivity contribution < 1.29 is 14.3 Å². The number of para-hydroxylation sites is 1. The van der Waals surface area contributed by atoms with Crippen molar-refractivity contribution in [2.75, 3.05) is 19.1 Å². The quantitative estimate of drug-likeness (QED) is 0.263. The van der Waals surface area contributed by atoms with Crippen molar-refractivity contribution in [3.63, 3.8) is 0 Å². The summed E-state index contributed by atoms with van der Waals surface area (Å²) in [4.78, 5) is 38.7. The zero-order chi connectivity index (χ0) is 28.0. The van der Waals surface area contributed by atoms with Crippen LogP contribution in [0.1, 0.15) is 38.1 Å². The number of nitrogens with one attached hydrogen (secondary N) is 1. The summed E-state index contributed by atoms with van der Waals surface area (Å²) in [6, 6.07) is 13.4. The summed E-state index contributed by atoms with van der Waals surface area (Å²) >= 11 is 2.82. The molecule has 0 atom stereocenters. The number of pyridine rings is 1. The molecule has 0 bridgehead atoms. The SMILES string of the molecule is C=CC(=O)n1cc(-c2cc(C)ccc2Oc2c(C)cccc2C)c2cc(C(=O)NCC)sc2c1=O.CSC. The van der Waals surface area contributed by atoms with Crippen molar-refractivity contribution in [2.24, 2.45) is 0 Å². The smallest absolute Gasteiger partial charge is 0.275 e. The lowest BCUT2D eigenvalue weighted by Gasteiger charge is -2.17. The molecule has 6 nitrogen and oxygen atoms in total. The van der Waals surface area contributed by atoms with Gasteiger partial charge in [0.15, 0.2) is 0 Å². The Balaban J connectivity index is 0.00000127. The van der Waals surface area contributed by atoms with E-state index in [0.717, 1.165) is 44.4 Å². The first-order valence-electron chi connectivity index (χ1n) is 12.1. The zero-order valence-corrected chi connectivity index (χ0v) is 24.1. The minimum Gasteiger partial charge on any atom is -0.456 e. The highest BCUT2D eigenvalue weighted by Crippen LogP contribution is 2.40. The van der Waals surface area contributed by atoms with Gasteiger partial charge in [0, 0.05) is 29.3 Å². The number of ether oxygens (including phenoxy) is 1. The second-order valence-electron chi connectivity index (χ2n) is 8.70. The number of rotatable bonds is 6. The fraction of sp³-hybridized carbons (Fsp3) is 0.233. The minimum atomic E-state index is -0.545. The minimum absolute atomic E-state index is 0.267. The van der Waals surface area contributed by atoms with Gasteiger partial charge in [0.1, 0.15) is 16.2 Å². The molecule has 198 valence electrons. The summed E-state index contributed by atoms with van der Waals surface area (Å²) in [5.41, 5.74) is 3.80. The van der Waals surface area contributed by atoms with Crippen molar-refractivity contribution in [1.29, 1.82) is 0 Å². The van der Waals surface area contributed by atoms with Gasteiger partial charge in [-0.05, 0) is 75.6 Å². The topological polar surface area (TPSA) is 77.4 Å². The summed E-state index contributed by atoms with van der Waals surface area (Å²) < 4.78 is 7.76. The maximum absolute atomic E-state index is 13.2. The number of aryl methyl sites for hydroxylation is 3. The molecule has 38 heavy (non-hydrogen) atoms.